The lowest BCUT2D eigenvalue weighted by atomic mass is 10.0. The minimum Gasteiger partial charge on any atom is -0.288 e. The van der Waals surface area contributed by atoms with E-state index in [4.69, 9.17) is 0 Å². The maximum Gasteiger partial charge on any atom is 0.229 e. The molecule has 0 spiro atoms. The molecule has 1 N–H and O–H groups in total. The summed E-state index contributed by atoms with van der Waals surface area (Å²) >= 11 is 0. The van der Waals surface area contributed by atoms with Crippen LogP contribution in [-0.4, -0.2) is 14.7 Å². The molecule has 4 heteroatoms. The Hall–Kier alpha value is -0.770. The van der Waals surface area contributed by atoms with E-state index in [0.717, 1.165) is 25.0 Å². The van der Waals surface area contributed by atoms with Gasteiger partial charge in [-0.15, -0.1) is 0 Å². The molecule has 0 bridgehead atoms. The fourth-order valence-corrected chi connectivity index (χ4v) is 1.97. The summed E-state index contributed by atoms with van der Waals surface area (Å²) in [5, 5.41) is 0. The van der Waals surface area contributed by atoms with Crippen LogP contribution in [0.15, 0.2) is 23.4 Å². The van der Waals surface area contributed by atoms with Crippen LogP contribution in [0.1, 0.15) is 26.2 Å². The molecule has 1 rings (SSSR count). The van der Waals surface area contributed by atoms with E-state index in [-0.39, 0.29) is 0 Å². The van der Waals surface area contributed by atoms with Crippen molar-refractivity contribution in [2.45, 2.75) is 26.2 Å². The number of nitrogens with one attached hydrogen (secondary N) is 1. The summed E-state index contributed by atoms with van der Waals surface area (Å²) in [7, 11) is -3.10. The van der Waals surface area contributed by atoms with Crippen LogP contribution in [0.4, 0.5) is 0 Å². The summed E-state index contributed by atoms with van der Waals surface area (Å²) in [6.45, 7) is 2.06. The third kappa shape index (κ3) is 3.63. The van der Waals surface area contributed by atoms with Crippen LogP contribution in [0.3, 0.4) is 0 Å². The molecule has 0 aromatic heterocycles. The summed E-state index contributed by atoms with van der Waals surface area (Å²) in [5.74, 6) is 0. The van der Waals surface area contributed by atoms with Crippen LogP contribution < -0.4 is 4.72 Å². The van der Waals surface area contributed by atoms with Gasteiger partial charge in [0.2, 0.25) is 10.0 Å². The molecule has 0 saturated heterocycles. The molecule has 0 atom stereocenters. The van der Waals surface area contributed by atoms with Crippen LogP contribution in [0.5, 0.6) is 0 Å². The maximum absolute atomic E-state index is 10.9. The van der Waals surface area contributed by atoms with E-state index in [1.54, 1.807) is 0 Å². The highest BCUT2D eigenvalue weighted by molar-refractivity contribution is 7.88. The maximum atomic E-state index is 10.9. The quantitative estimate of drug-likeness (QED) is 0.753. The van der Waals surface area contributed by atoms with Gasteiger partial charge in [0.25, 0.3) is 0 Å². The first-order chi connectivity index (χ1) is 6.01. The SMILES string of the molecule is CCC1=CCCC(NS(C)(=O)=O)=C1. The summed E-state index contributed by atoms with van der Waals surface area (Å²) in [6, 6.07) is 0. The van der Waals surface area contributed by atoms with Crippen molar-refractivity contribution in [3.05, 3.63) is 23.4 Å². The van der Waals surface area contributed by atoms with Crippen LogP contribution in [-0.2, 0) is 10.0 Å². The number of allylic oxidation sites excluding steroid dienone is 4. The Morgan fingerprint density at radius 2 is 2.23 bits per heavy atom. The molecule has 0 saturated carbocycles. The number of sulfonamides is 1. The van der Waals surface area contributed by atoms with Crippen molar-refractivity contribution in [1.29, 1.82) is 0 Å². The number of hydrogen-bond donors (Lipinski definition) is 1. The second-order valence-corrected chi connectivity index (χ2v) is 4.96. The van der Waals surface area contributed by atoms with Crippen molar-refractivity contribution in [2.75, 3.05) is 6.26 Å². The molecule has 74 valence electrons. The van der Waals surface area contributed by atoms with Gasteiger partial charge >= 0.3 is 0 Å². The van der Waals surface area contributed by atoms with Crippen molar-refractivity contribution in [2.24, 2.45) is 0 Å². The molecule has 0 fully saturated rings. The Balaban J connectivity index is 2.72. The highest BCUT2D eigenvalue weighted by Gasteiger charge is 2.08. The van der Waals surface area contributed by atoms with E-state index in [0.29, 0.717) is 0 Å². The van der Waals surface area contributed by atoms with Gasteiger partial charge in [-0.05, 0) is 25.3 Å². The van der Waals surface area contributed by atoms with Gasteiger partial charge < -0.3 is 0 Å². The first-order valence-corrected chi connectivity index (χ1v) is 6.28. The van der Waals surface area contributed by atoms with Gasteiger partial charge in [-0.2, -0.15) is 0 Å². The lowest BCUT2D eigenvalue weighted by Gasteiger charge is -2.13. The minimum atomic E-state index is -3.10. The van der Waals surface area contributed by atoms with Crippen molar-refractivity contribution < 1.29 is 8.42 Å². The van der Waals surface area contributed by atoms with E-state index < -0.39 is 10.0 Å². The molecule has 1 aliphatic rings. The van der Waals surface area contributed by atoms with Crippen molar-refractivity contribution in [3.8, 4) is 0 Å². The van der Waals surface area contributed by atoms with E-state index in [9.17, 15) is 8.42 Å². The van der Waals surface area contributed by atoms with Gasteiger partial charge in [-0.1, -0.05) is 18.6 Å². The van der Waals surface area contributed by atoms with Crippen molar-refractivity contribution >= 4 is 10.0 Å². The summed E-state index contributed by atoms with van der Waals surface area (Å²) in [5.41, 5.74) is 2.01. The topological polar surface area (TPSA) is 46.2 Å². The Kier molecular flexibility index (Phi) is 3.14. The molecule has 0 amide bonds. The van der Waals surface area contributed by atoms with E-state index in [1.807, 2.05) is 6.08 Å². The highest BCUT2D eigenvalue weighted by atomic mass is 32.2. The smallest absolute Gasteiger partial charge is 0.229 e. The monoisotopic (exact) mass is 201 g/mol. The summed E-state index contributed by atoms with van der Waals surface area (Å²) < 4.78 is 24.4. The fraction of sp³-hybridized carbons (Fsp3) is 0.556. The lowest BCUT2D eigenvalue weighted by Crippen LogP contribution is -2.22. The zero-order chi connectivity index (χ0) is 9.90. The molecule has 3 nitrogen and oxygen atoms in total. The predicted octanol–water partition coefficient (Wildman–Crippen LogP) is 1.55. The lowest BCUT2D eigenvalue weighted by molar-refractivity contribution is 0.592. The molecular weight excluding hydrogens is 186 g/mol. The first-order valence-electron chi connectivity index (χ1n) is 4.38. The Morgan fingerprint density at radius 1 is 1.54 bits per heavy atom. The van der Waals surface area contributed by atoms with Gasteiger partial charge in [0.1, 0.15) is 0 Å². The van der Waals surface area contributed by atoms with Crippen molar-refractivity contribution in [1.82, 2.24) is 4.72 Å². The van der Waals surface area contributed by atoms with Gasteiger partial charge in [-0.25, -0.2) is 8.42 Å². The summed E-state index contributed by atoms with van der Waals surface area (Å²) in [6.07, 6.45) is 7.92. The van der Waals surface area contributed by atoms with Crippen molar-refractivity contribution in [3.63, 3.8) is 0 Å². The second kappa shape index (κ2) is 3.96. The molecule has 0 heterocycles. The van der Waals surface area contributed by atoms with Crippen LogP contribution in [0, 0.1) is 0 Å². The van der Waals surface area contributed by atoms with Gasteiger partial charge in [0, 0.05) is 5.70 Å². The normalized spacial score (nSPS) is 17.7. The second-order valence-electron chi connectivity index (χ2n) is 3.22. The van der Waals surface area contributed by atoms with E-state index in [1.165, 1.54) is 11.8 Å². The van der Waals surface area contributed by atoms with Gasteiger partial charge in [0.05, 0.1) is 6.26 Å². The zero-order valence-electron chi connectivity index (χ0n) is 8.00. The molecule has 0 aromatic rings. The highest BCUT2D eigenvalue weighted by Crippen LogP contribution is 2.17. The molecule has 13 heavy (non-hydrogen) atoms. The van der Waals surface area contributed by atoms with Crippen LogP contribution in [0.25, 0.3) is 0 Å². The minimum absolute atomic E-state index is 0.788. The first kappa shape index (κ1) is 10.3. The Bertz CT molecular complexity index is 339. The predicted molar refractivity (Wildman–Crippen MR) is 53.7 cm³/mol. The average Bonchev–Trinajstić information content (AvgIpc) is 2.01. The Morgan fingerprint density at radius 3 is 2.77 bits per heavy atom. The van der Waals surface area contributed by atoms with Gasteiger partial charge in [0.15, 0.2) is 0 Å². The largest absolute Gasteiger partial charge is 0.288 e. The standard InChI is InChI=1S/C9H15NO2S/c1-3-8-5-4-6-9(7-8)10-13(2,11)12/h5,7,10H,3-4,6H2,1-2H3. The zero-order valence-corrected chi connectivity index (χ0v) is 8.82. The Labute approximate surface area is 79.6 Å². The average molecular weight is 201 g/mol. The fourth-order valence-electron chi connectivity index (χ4n) is 1.33. The molecule has 0 aromatic carbocycles. The van der Waals surface area contributed by atoms with Crippen LogP contribution in [0.2, 0.25) is 0 Å². The molecular formula is C9H15NO2S. The molecule has 1 aliphatic carbocycles. The molecule has 0 unspecified atom stereocenters. The number of hydrogen-bond acceptors (Lipinski definition) is 2. The number of rotatable bonds is 3. The molecule has 0 aliphatic heterocycles. The van der Waals surface area contributed by atoms with E-state index >= 15 is 0 Å². The van der Waals surface area contributed by atoms with E-state index in [2.05, 4.69) is 17.7 Å². The van der Waals surface area contributed by atoms with Crippen LogP contribution >= 0.6 is 0 Å². The molecule has 0 radical (unpaired) electrons. The third-order valence-corrected chi connectivity index (χ3v) is 2.54. The third-order valence-electron chi connectivity index (χ3n) is 1.90. The summed E-state index contributed by atoms with van der Waals surface area (Å²) in [4.78, 5) is 0. The van der Waals surface area contributed by atoms with Gasteiger partial charge in [-0.3, -0.25) is 4.72 Å².